The quantitative estimate of drug-likeness (QED) is 0.719. The first-order valence-electron chi connectivity index (χ1n) is 5.98. The van der Waals surface area contributed by atoms with Crippen LogP contribution in [0.4, 0.5) is 5.69 Å². The molecule has 6 heteroatoms. The van der Waals surface area contributed by atoms with E-state index in [1.165, 1.54) is 4.90 Å². The van der Waals surface area contributed by atoms with Gasteiger partial charge in [-0.05, 0) is 24.6 Å². The molecule has 1 aliphatic rings. The van der Waals surface area contributed by atoms with Gasteiger partial charge in [0.15, 0.2) is 0 Å². The van der Waals surface area contributed by atoms with E-state index in [0.717, 1.165) is 5.56 Å². The maximum Gasteiger partial charge on any atom is 0.326 e. The fourth-order valence-corrected chi connectivity index (χ4v) is 2.40. The zero-order valence-electron chi connectivity index (χ0n) is 10.5. The van der Waals surface area contributed by atoms with Crippen LogP contribution in [0.1, 0.15) is 22.3 Å². The van der Waals surface area contributed by atoms with Gasteiger partial charge in [-0.2, -0.15) is 0 Å². The molecule has 1 aliphatic heterocycles. The van der Waals surface area contributed by atoms with Crippen molar-refractivity contribution in [1.82, 2.24) is 0 Å². The molecule has 0 aromatic heterocycles. The van der Waals surface area contributed by atoms with E-state index in [4.69, 9.17) is 5.73 Å². The van der Waals surface area contributed by atoms with Crippen LogP contribution in [-0.4, -0.2) is 40.8 Å². The molecule has 1 aromatic rings. The predicted molar refractivity (Wildman–Crippen MR) is 69.1 cm³/mol. The van der Waals surface area contributed by atoms with Crippen molar-refractivity contribution in [2.45, 2.75) is 25.5 Å². The minimum Gasteiger partial charge on any atom is -0.480 e. The first-order valence-corrected chi connectivity index (χ1v) is 5.98. The number of aryl methyl sites for hydroxylation is 1. The predicted octanol–water partition coefficient (Wildman–Crippen LogP) is 0.118. The highest BCUT2D eigenvalue weighted by Crippen LogP contribution is 2.30. The monoisotopic (exact) mass is 264 g/mol. The van der Waals surface area contributed by atoms with Crippen LogP contribution in [0.3, 0.4) is 0 Å². The van der Waals surface area contributed by atoms with E-state index in [1.807, 2.05) is 6.92 Å². The summed E-state index contributed by atoms with van der Waals surface area (Å²) in [5.41, 5.74) is 6.95. The van der Waals surface area contributed by atoms with E-state index in [9.17, 15) is 19.8 Å². The van der Waals surface area contributed by atoms with E-state index in [1.54, 1.807) is 18.2 Å². The summed E-state index contributed by atoms with van der Waals surface area (Å²) < 4.78 is 0. The van der Waals surface area contributed by atoms with Crippen LogP contribution in [0.15, 0.2) is 18.2 Å². The van der Waals surface area contributed by atoms with Crippen molar-refractivity contribution in [3.8, 4) is 0 Å². The van der Waals surface area contributed by atoms with Crippen molar-refractivity contribution < 1.29 is 19.8 Å². The normalized spacial score (nSPS) is 22.5. The molecular weight excluding hydrogens is 248 g/mol. The molecule has 2 unspecified atom stereocenters. The lowest BCUT2D eigenvalue weighted by Gasteiger charge is -2.25. The fourth-order valence-electron chi connectivity index (χ4n) is 2.40. The number of anilines is 1. The standard InChI is InChI=1S/C13H16N2O4/c1-7-2-3-9(12(14)17)10(4-7)15-6-8(16)5-11(15)13(18)19/h2-4,8,11,16H,5-6H2,1H3,(H2,14,17)(H,18,19). The van der Waals surface area contributed by atoms with Gasteiger partial charge < -0.3 is 20.8 Å². The third-order valence-electron chi connectivity index (χ3n) is 3.29. The molecule has 0 radical (unpaired) electrons. The number of carboxylic acids is 1. The highest BCUT2D eigenvalue weighted by Gasteiger charge is 2.37. The van der Waals surface area contributed by atoms with Crippen molar-refractivity contribution in [1.29, 1.82) is 0 Å². The molecule has 6 nitrogen and oxygen atoms in total. The molecule has 0 spiro atoms. The number of carboxylic acid groups (broad SMARTS) is 1. The molecule has 0 saturated carbocycles. The maximum atomic E-state index is 11.4. The molecule has 1 fully saturated rings. The summed E-state index contributed by atoms with van der Waals surface area (Å²) >= 11 is 0. The van der Waals surface area contributed by atoms with Crippen LogP contribution in [0.5, 0.6) is 0 Å². The summed E-state index contributed by atoms with van der Waals surface area (Å²) in [5.74, 6) is -1.63. The van der Waals surface area contributed by atoms with Gasteiger partial charge in [0.1, 0.15) is 6.04 Å². The van der Waals surface area contributed by atoms with E-state index >= 15 is 0 Å². The Kier molecular flexibility index (Phi) is 3.44. The first-order chi connectivity index (χ1) is 8.90. The number of primary amides is 1. The van der Waals surface area contributed by atoms with Gasteiger partial charge in [0.2, 0.25) is 0 Å². The molecule has 0 bridgehead atoms. The van der Waals surface area contributed by atoms with Gasteiger partial charge in [0, 0.05) is 13.0 Å². The minimum atomic E-state index is -1.02. The molecule has 19 heavy (non-hydrogen) atoms. The second-order valence-electron chi connectivity index (χ2n) is 4.78. The Morgan fingerprint density at radius 2 is 2.11 bits per heavy atom. The molecule has 1 saturated heterocycles. The number of aliphatic carboxylic acids is 1. The Hall–Kier alpha value is -2.08. The Morgan fingerprint density at radius 1 is 1.42 bits per heavy atom. The highest BCUT2D eigenvalue weighted by atomic mass is 16.4. The first kappa shape index (κ1) is 13.4. The number of carbonyl (C=O) groups excluding carboxylic acids is 1. The number of benzene rings is 1. The van der Waals surface area contributed by atoms with Crippen molar-refractivity contribution in [2.24, 2.45) is 5.73 Å². The van der Waals surface area contributed by atoms with E-state index in [0.29, 0.717) is 5.69 Å². The molecule has 0 aliphatic carbocycles. The second kappa shape index (κ2) is 4.89. The molecule has 1 heterocycles. The van der Waals surface area contributed by atoms with Crippen molar-refractivity contribution in [3.05, 3.63) is 29.3 Å². The van der Waals surface area contributed by atoms with Crippen LogP contribution in [0.25, 0.3) is 0 Å². The molecular formula is C13H16N2O4. The maximum absolute atomic E-state index is 11.4. The average Bonchev–Trinajstić information content (AvgIpc) is 2.70. The number of nitrogens with two attached hydrogens (primary N) is 1. The largest absolute Gasteiger partial charge is 0.480 e. The number of hydrogen-bond acceptors (Lipinski definition) is 4. The lowest BCUT2D eigenvalue weighted by atomic mass is 10.1. The number of aliphatic hydroxyl groups excluding tert-OH is 1. The molecule has 4 N–H and O–H groups in total. The SMILES string of the molecule is Cc1ccc(C(N)=O)c(N2CC(O)CC2C(=O)O)c1. The summed E-state index contributed by atoms with van der Waals surface area (Å²) in [6, 6.07) is 4.20. The summed E-state index contributed by atoms with van der Waals surface area (Å²) in [7, 11) is 0. The Morgan fingerprint density at radius 3 is 2.68 bits per heavy atom. The van der Waals surface area contributed by atoms with E-state index in [-0.39, 0.29) is 18.5 Å². The number of nitrogens with zero attached hydrogens (tertiary/aromatic N) is 1. The van der Waals surface area contributed by atoms with Gasteiger partial charge in [0.25, 0.3) is 5.91 Å². The van der Waals surface area contributed by atoms with Gasteiger partial charge in [-0.3, -0.25) is 4.79 Å². The molecule has 2 rings (SSSR count). The third-order valence-corrected chi connectivity index (χ3v) is 3.29. The van der Waals surface area contributed by atoms with Gasteiger partial charge in [-0.25, -0.2) is 4.79 Å². The minimum absolute atomic E-state index is 0.140. The number of carbonyl (C=O) groups is 2. The number of rotatable bonds is 3. The van der Waals surface area contributed by atoms with Crippen molar-refractivity contribution in [3.63, 3.8) is 0 Å². The Labute approximate surface area is 110 Å². The summed E-state index contributed by atoms with van der Waals surface area (Å²) in [5, 5.41) is 18.9. The number of aliphatic hydroxyl groups is 1. The van der Waals surface area contributed by atoms with Gasteiger partial charge in [-0.1, -0.05) is 6.07 Å². The van der Waals surface area contributed by atoms with Crippen molar-refractivity contribution >= 4 is 17.6 Å². The Bertz CT molecular complexity index is 529. The fraction of sp³-hybridized carbons (Fsp3) is 0.385. The number of amides is 1. The molecule has 102 valence electrons. The van der Waals surface area contributed by atoms with Crippen LogP contribution >= 0.6 is 0 Å². The van der Waals surface area contributed by atoms with E-state index in [2.05, 4.69) is 0 Å². The van der Waals surface area contributed by atoms with Gasteiger partial charge in [0.05, 0.1) is 17.4 Å². The van der Waals surface area contributed by atoms with Crippen molar-refractivity contribution in [2.75, 3.05) is 11.4 Å². The Balaban J connectivity index is 2.47. The van der Waals surface area contributed by atoms with Crippen LogP contribution in [0, 0.1) is 6.92 Å². The second-order valence-corrected chi connectivity index (χ2v) is 4.78. The lowest BCUT2D eigenvalue weighted by Crippen LogP contribution is -2.37. The average molecular weight is 264 g/mol. The van der Waals surface area contributed by atoms with E-state index < -0.39 is 24.0 Å². The molecule has 1 amide bonds. The summed E-state index contributed by atoms with van der Waals surface area (Å²) in [4.78, 5) is 24.2. The van der Waals surface area contributed by atoms with Gasteiger partial charge >= 0.3 is 5.97 Å². The zero-order chi connectivity index (χ0) is 14.2. The third kappa shape index (κ3) is 2.53. The number of β-amino-alcohol motifs (C(OH)–C–C–N with tert-alkyl or cyclic N) is 1. The highest BCUT2D eigenvalue weighted by molar-refractivity contribution is 5.99. The van der Waals surface area contributed by atoms with Crippen LogP contribution < -0.4 is 10.6 Å². The summed E-state index contributed by atoms with van der Waals surface area (Å²) in [6.45, 7) is 2.03. The molecule has 2 atom stereocenters. The summed E-state index contributed by atoms with van der Waals surface area (Å²) in [6.07, 6.45) is -0.580. The number of hydrogen-bond donors (Lipinski definition) is 3. The van der Waals surface area contributed by atoms with Crippen LogP contribution in [-0.2, 0) is 4.79 Å². The topological polar surface area (TPSA) is 104 Å². The lowest BCUT2D eigenvalue weighted by molar-refractivity contribution is -0.138. The van der Waals surface area contributed by atoms with Gasteiger partial charge in [-0.15, -0.1) is 0 Å². The zero-order valence-corrected chi connectivity index (χ0v) is 10.5. The molecule has 1 aromatic carbocycles. The van der Waals surface area contributed by atoms with Crippen LogP contribution in [0.2, 0.25) is 0 Å². The smallest absolute Gasteiger partial charge is 0.326 e.